The molecule has 1 heterocycles. The molecule has 0 saturated carbocycles. The van der Waals surface area contributed by atoms with Gasteiger partial charge in [0.05, 0.1) is 0 Å². The van der Waals surface area contributed by atoms with Gasteiger partial charge in [-0.05, 0) is 12.1 Å². The van der Waals surface area contributed by atoms with E-state index in [4.69, 9.17) is 0 Å². The SMILES string of the molecule is O=S(=O)(c1cc2ccccc2[nH]1)c1c(F)c(F)c(F)c(F)c1F. The van der Waals surface area contributed by atoms with Crippen molar-refractivity contribution in [2.24, 2.45) is 0 Å². The third-order valence-electron chi connectivity index (χ3n) is 3.23. The Balaban J connectivity index is 2.33. The number of sulfone groups is 1. The van der Waals surface area contributed by atoms with Gasteiger partial charge in [0.15, 0.2) is 28.2 Å². The molecule has 1 N–H and O–H groups in total. The van der Waals surface area contributed by atoms with E-state index in [1.165, 1.54) is 12.1 Å². The van der Waals surface area contributed by atoms with Gasteiger partial charge in [0.1, 0.15) is 5.03 Å². The van der Waals surface area contributed by atoms with Crippen LogP contribution in [0, 0.1) is 29.1 Å². The molecular weight excluding hydrogens is 341 g/mol. The predicted molar refractivity (Wildman–Crippen MR) is 70.0 cm³/mol. The van der Waals surface area contributed by atoms with Gasteiger partial charge in [0.25, 0.3) is 0 Å². The molecule has 2 aromatic carbocycles. The quantitative estimate of drug-likeness (QED) is 0.333. The molecule has 0 amide bonds. The van der Waals surface area contributed by atoms with Gasteiger partial charge in [0, 0.05) is 10.9 Å². The topological polar surface area (TPSA) is 49.9 Å². The van der Waals surface area contributed by atoms with Gasteiger partial charge in [-0.25, -0.2) is 30.4 Å². The lowest BCUT2D eigenvalue weighted by molar-refractivity contribution is 0.357. The number of para-hydroxylation sites is 1. The summed E-state index contributed by atoms with van der Waals surface area (Å²) in [7, 11) is -4.98. The molecule has 23 heavy (non-hydrogen) atoms. The van der Waals surface area contributed by atoms with Gasteiger partial charge in [-0.1, -0.05) is 18.2 Å². The minimum atomic E-state index is -4.98. The molecule has 120 valence electrons. The van der Waals surface area contributed by atoms with Gasteiger partial charge in [0.2, 0.25) is 15.7 Å². The number of nitrogens with one attached hydrogen (secondary N) is 1. The minimum Gasteiger partial charge on any atom is -0.345 e. The van der Waals surface area contributed by atoms with Crippen LogP contribution in [0.4, 0.5) is 22.0 Å². The molecule has 0 bridgehead atoms. The highest BCUT2D eigenvalue weighted by molar-refractivity contribution is 7.91. The lowest BCUT2D eigenvalue weighted by atomic mass is 10.3. The predicted octanol–water partition coefficient (Wildman–Crippen LogP) is 3.70. The Morgan fingerprint density at radius 2 is 1.30 bits per heavy atom. The van der Waals surface area contributed by atoms with Gasteiger partial charge < -0.3 is 4.98 Å². The second-order valence-corrected chi connectivity index (χ2v) is 6.48. The smallest absolute Gasteiger partial charge is 0.227 e. The molecule has 0 spiro atoms. The maximum atomic E-state index is 13.7. The standard InChI is InChI=1S/C14H6F5NO2S/c15-9-10(16)12(18)14(13(19)11(9)17)23(21,22)8-5-6-3-1-2-4-7(6)20-8/h1-5,20H. The second kappa shape index (κ2) is 5.05. The molecule has 0 aliphatic heterocycles. The molecule has 9 heteroatoms. The molecule has 1 aromatic heterocycles. The summed E-state index contributed by atoms with van der Waals surface area (Å²) in [5.74, 6) is -11.9. The highest BCUT2D eigenvalue weighted by Crippen LogP contribution is 2.31. The van der Waals surface area contributed by atoms with Crippen molar-refractivity contribution in [3.05, 3.63) is 59.4 Å². The third kappa shape index (κ3) is 2.19. The van der Waals surface area contributed by atoms with Crippen molar-refractivity contribution in [1.82, 2.24) is 4.98 Å². The first-order chi connectivity index (χ1) is 10.7. The molecular formula is C14H6F5NO2S. The molecule has 0 aliphatic carbocycles. The summed E-state index contributed by atoms with van der Waals surface area (Å²) in [4.78, 5) is 0.494. The molecule has 0 radical (unpaired) electrons. The average Bonchev–Trinajstić information content (AvgIpc) is 2.96. The van der Waals surface area contributed by atoms with E-state index in [0.29, 0.717) is 10.9 Å². The van der Waals surface area contributed by atoms with E-state index in [1.807, 2.05) is 0 Å². The summed E-state index contributed by atoms with van der Waals surface area (Å²) in [6.45, 7) is 0. The Bertz CT molecular complexity index is 981. The zero-order valence-electron chi connectivity index (χ0n) is 11.0. The Labute approximate surface area is 126 Å². The maximum Gasteiger partial charge on any atom is 0.227 e. The highest BCUT2D eigenvalue weighted by atomic mass is 32.2. The molecule has 0 atom stereocenters. The van der Waals surface area contributed by atoms with Crippen LogP contribution in [-0.2, 0) is 9.84 Å². The van der Waals surface area contributed by atoms with E-state index in [1.54, 1.807) is 12.1 Å². The molecule has 3 aromatic rings. The van der Waals surface area contributed by atoms with Crippen LogP contribution in [-0.4, -0.2) is 13.4 Å². The summed E-state index contributed by atoms with van der Waals surface area (Å²) < 4.78 is 91.5. The van der Waals surface area contributed by atoms with Crippen molar-refractivity contribution in [3.8, 4) is 0 Å². The zero-order chi connectivity index (χ0) is 16.9. The van der Waals surface area contributed by atoms with Gasteiger partial charge in [-0.2, -0.15) is 0 Å². The molecule has 3 nitrogen and oxygen atoms in total. The van der Waals surface area contributed by atoms with E-state index in [-0.39, 0.29) is 0 Å². The molecule has 0 unspecified atom stereocenters. The number of rotatable bonds is 2. The fourth-order valence-electron chi connectivity index (χ4n) is 2.12. The normalized spacial score (nSPS) is 12.0. The largest absolute Gasteiger partial charge is 0.345 e. The monoisotopic (exact) mass is 347 g/mol. The Morgan fingerprint density at radius 1 is 0.783 bits per heavy atom. The van der Waals surface area contributed by atoms with Crippen molar-refractivity contribution in [2.75, 3.05) is 0 Å². The van der Waals surface area contributed by atoms with Crippen LogP contribution in [0.2, 0.25) is 0 Å². The van der Waals surface area contributed by atoms with E-state index in [9.17, 15) is 30.4 Å². The molecule has 0 saturated heterocycles. The van der Waals surface area contributed by atoms with Crippen LogP contribution in [0.25, 0.3) is 10.9 Å². The Morgan fingerprint density at radius 3 is 1.87 bits per heavy atom. The maximum absolute atomic E-state index is 13.7. The average molecular weight is 347 g/mol. The summed E-state index contributed by atoms with van der Waals surface area (Å²) >= 11 is 0. The van der Waals surface area contributed by atoms with Gasteiger partial charge >= 0.3 is 0 Å². The van der Waals surface area contributed by atoms with Gasteiger partial charge in [-0.3, -0.25) is 0 Å². The van der Waals surface area contributed by atoms with Crippen molar-refractivity contribution in [2.45, 2.75) is 9.92 Å². The van der Waals surface area contributed by atoms with Crippen molar-refractivity contribution >= 4 is 20.7 Å². The molecule has 0 fully saturated rings. The van der Waals surface area contributed by atoms with E-state index in [0.717, 1.165) is 6.07 Å². The number of hydrogen-bond donors (Lipinski definition) is 1. The first kappa shape index (κ1) is 15.5. The summed E-state index contributed by atoms with van der Waals surface area (Å²) in [5.41, 5.74) is 0.329. The fraction of sp³-hybridized carbons (Fsp3) is 0. The van der Waals surface area contributed by atoms with Crippen LogP contribution < -0.4 is 0 Å². The van der Waals surface area contributed by atoms with E-state index < -0.39 is 48.8 Å². The fourth-order valence-corrected chi connectivity index (χ4v) is 3.52. The van der Waals surface area contributed by atoms with Gasteiger partial charge in [-0.15, -0.1) is 0 Å². The lowest BCUT2D eigenvalue weighted by Crippen LogP contribution is -2.13. The molecule has 0 aliphatic rings. The van der Waals surface area contributed by atoms with Crippen molar-refractivity contribution in [3.63, 3.8) is 0 Å². The Kier molecular flexibility index (Phi) is 3.40. The first-order valence-corrected chi connectivity index (χ1v) is 7.57. The lowest BCUT2D eigenvalue weighted by Gasteiger charge is -2.08. The van der Waals surface area contributed by atoms with E-state index in [2.05, 4.69) is 4.98 Å². The number of fused-ring (bicyclic) bond motifs is 1. The van der Waals surface area contributed by atoms with Crippen molar-refractivity contribution in [1.29, 1.82) is 0 Å². The zero-order valence-corrected chi connectivity index (χ0v) is 11.8. The van der Waals surface area contributed by atoms with E-state index >= 15 is 0 Å². The number of halogens is 5. The number of H-pyrrole nitrogens is 1. The first-order valence-electron chi connectivity index (χ1n) is 6.09. The summed E-state index contributed by atoms with van der Waals surface area (Å²) in [6, 6.07) is 7.22. The van der Waals surface area contributed by atoms with Crippen LogP contribution in [0.15, 0.2) is 40.3 Å². The summed E-state index contributed by atoms with van der Waals surface area (Å²) in [5, 5.41) is -0.281. The summed E-state index contributed by atoms with van der Waals surface area (Å²) in [6.07, 6.45) is 0. The number of benzene rings is 2. The van der Waals surface area contributed by atoms with Crippen LogP contribution in [0.5, 0.6) is 0 Å². The van der Waals surface area contributed by atoms with Crippen LogP contribution >= 0.6 is 0 Å². The number of aromatic amines is 1. The molecule has 3 rings (SSSR count). The van der Waals surface area contributed by atoms with Crippen LogP contribution in [0.3, 0.4) is 0 Å². The minimum absolute atomic E-state index is 0.329. The number of hydrogen-bond acceptors (Lipinski definition) is 2. The Hall–Kier alpha value is -2.42. The number of aromatic nitrogens is 1. The third-order valence-corrected chi connectivity index (χ3v) is 4.93. The second-order valence-electron chi connectivity index (χ2n) is 4.62. The van der Waals surface area contributed by atoms with Crippen LogP contribution in [0.1, 0.15) is 0 Å². The highest BCUT2D eigenvalue weighted by Gasteiger charge is 2.35. The van der Waals surface area contributed by atoms with Crippen molar-refractivity contribution < 1.29 is 30.4 Å².